The molecule has 5 heavy (non-hydrogen) atoms. The highest BCUT2D eigenvalue weighted by Crippen LogP contribution is 1.30. The van der Waals surface area contributed by atoms with Crippen LogP contribution in [0.4, 0.5) is 0 Å². The summed E-state index contributed by atoms with van der Waals surface area (Å²) >= 11 is 0. The summed E-state index contributed by atoms with van der Waals surface area (Å²) < 4.78 is 0. The van der Waals surface area contributed by atoms with E-state index in [2.05, 4.69) is 15.5 Å². The van der Waals surface area contributed by atoms with Crippen LogP contribution in [0.2, 0.25) is 0 Å². The molecule has 0 atom stereocenters. The first-order valence-electron chi connectivity index (χ1n) is 1.36. The van der Waals surface area contributed by atoms with E-state index in [0.717, 1.165) is 0 Å². The highest BCUT2D eigenvalue weighted by molar-refractivity contribution is 6.75. The Morgan fingerprint density at radius 1 is 1.60 bits per heavy atom. The van der Waals surface area contributed by atoms with Gasteiger partial charge in [-0.3, -0.25) is 0 Å². The van der Waals surface area contributed by atoms with Gasteiger partial charge in [0.2, 0.25) is 0 Å². The van der Waals surface area contributed by atoms with Crippen LogP contribution in [0.15, 0.2) is 0 Å². The summed E-state index contributed by atoms with van der Waals surface area (Å²) in [5.74, 6) is 0. The van der Waals surface area contributed by atoms with Crippen molar-refractivity contribution in [2.45, 2.75) is 6.92 Å². The fraction of sp³-hybridized carbons (Fsp3) is 1.00. The van der Waals surface area contributed by atoms with Gasteiger partial charge in [-0.15, -0.1) is 0 Å². The highest BCUT2D eigenvalue weighted by atomic mass is 16.2. The van der Waals surface area contributed by atoms with Crippen LogP contribution in [-0.2, 0) is 0 Å². The molecular weight excluding hydrogens is 61.6 g/mol. The van der Waals surface area contributed by atoms with Gasteiger partial charge in [0.1, 0.15) is 0 Å². The Morgan fingerprint density at radius 2 is 1.60 bits per heavy atom. The van der Waals surface area contributed by atoms with Gasteiger partial charge in [0, 0.05) is 22.1 Å². The Morgan fingerprint density at radius 3 is 1.60 bits per heavy atom. The van der Waals surface area contributed by atoms with Gasteiger partial charge >= 0.3 is 0 Å². The minimum atomic E-state index is 0.250. The van der Waals surface area contributed by atoms with Crippen LogP contribution in [0.1, 0.15) is 6.92 Å². The molecule has 0 heterocycles. The molecular formula is C2H6B2O. The Kier molecular flexibility index (Phi) is 58.6. The lowest BCUT2D eigenvalue weighted by atomic mass is 9.81. The molecule has 0 aromatic rings. The molecule has 0 bridgehead atoms. The van der Waals surface area contributed by atoms with Crippen molar-refractivity contribution in [2.75, 3.05) is 6.61 Å². The molecule has 4 radical (unpaired) electrons. The molecule has 0 rings (SSSR count). The third-order valence-corrected chi connectivity index (χ3v) is 0. The summed E-state index contributed by atoms with van der Waals surface area (Å²) in [4.78, 5) is 0. The van der Waals surface area contributed by atoms with E-state index in [1.54, 1.807) is 6.92 Å². The zero-order chi connectivity index (χ0) is 4.71. The first-order valence-corrected chi connectivity index (χ1v) is 1.36. The lowest BCUT2D eigenvalue weighted by Crippen LogP contribution is -1.57. The second kappa shape index (κ2) is 32.9. The minimum absolute atomic E-state index is 0.250. The summed E-state index contributed by atoms with van der Waals surface area (Å²) in [5.41, 5.74) is 0. The van der Waals surface area contributed by atoms with Gasteiger partial charge in [-0.25, -0.2) is 0 Å². The third-order valence-electron chi connectivity index (χ3n) is 0. The van der Waals surface area contributed by atoms with Crippen LogP contribution in [0.3, 0.4) is 0 Å². The summed E-state index contributed by atoms with van der Waals surface area (Å²) in [7, 11) is 8.00. The molecule has 0 saturated heterocycles. The molecule has 0 amide bonds. The predicted octanol–water partition coefficient (Wildman–Crippen LogP) is -0.763. The molecule has 1 nitrogen and oxygen atoms in total. The van der Waals surface area contributed by atoms with Gasteiger partial charge in [-0.05, 0) is 6.92 Å². The van der Waals surface area contributed by atoms with Crippen molar-refractivity contribution in [3.05, 3.63) is 0 Å². The van der Waals surface area contributed by atoms with E-state index in [1.807, 2.05) is 0 Å². The van der Waals surface area contributed by atoms with Crippen molar-refractivity contribution in [3.8, 4) is 0 Å². The molecule has 26 valence electrons. The summed E-state index contributed by atoms with van der Waals surface area (Å²) in [5, 5.41) is 7.57. The van der Waals surface area contributed by atoms with E-state index in [1.165, 1.54) is 0 Å². The molecule has 0 aliphatic rings. The van der Waals surface area contributed by atoms with E-state index >= 15 is 0 Å². The molecule has 0 spiro atoms. The standard InChI is InChI=1S/C2H6O.B2/c1-2-3;1-2/h3H,2H2,1H3;. The first kappa shape index (κ1) is 8.92. The van der Waals surface area contributed by atoms with Gasteiger partial charge in [0.05, 0.1) is 0 Å². The normalized spacial score (nSPS) is 4.40. The average Bonchev–Trinajstić information content (AvgIpc) is 1.46. The van der Waals surface area contributed by atoms with Gasteiger partial charge in [0.25, 0.3) is 0 Å². The largest absolute Gasteiger partial charge is 0.397 e. The SMILES string of the molecule is CCO.[B][B]. The minimum Gasteiger partial charge on any atom is -0.397 e. The fourth-order valence-corrected chi connectivity index (χ4v) is 0. The van der Waals surface area contributed by atoms with Crippen LogP contribution in [0, 0.1) is 0 Å². The predicted molar refractivity (Wildman–Crippen MR) is 24.3 cm³/mol. The second-order valence-electron chi connectivity index (χ2n) is 0.316. The van der Waals surface area contributed by atoms with Crippen LogP contribution in [0.25, 0.3) is 0 Å². The van der Waals surface area contributed by atoms with Gasteiger partial charge in [-0.1, -0.05) is 0 Å². The van der Waals surface area contributed by atoms with Crippen LogP contribution in [0.5, 0.6) is 0 Å². The summed E-state index contributed by atoms with van der Waals surface area (Å²) in [6.45, 7) is 1.93. The lowest BCUT2D eigenvalue weighted by molar-refractivity contribution is 0.318. The quantitative estimate of drug-likeness (QED) is 0.369. The van der Waals surface area contributed by atoms with Crippen molar-refractivity contribution in [1.29, 1.82) is 0 Å². The van der Waals surface area contributed by atoms with Crippen molar-refractivity contribution in [3.63, 3.8) is 0 Å². The molecule has 0 unspecified atom stereocenters. The smallest absolute Gasteiger partial charge is 0.0402 e. The highest BCUT2D eigenvalue weighted by Gasteiger charge is 1.34. The molecule has 0 saturated carbocycles. The second-order valence-corrected chi connectivity index (χ2v) is 0.316. The molecule has 0 aliphatic heterocycles. The van der Waals surface area contributed by atoms with Crippen molar-refractivity contribution in [2.24, 2.45) is 0 Å². The van der Waals surface area contributed by atoms with Crippen LogP contribution >= 0.6 is 0 Å². The molecule has 0 fully saturated rings. The topological polar surface area (TPSA) is 20.2 Å². The maximum Gasteiger partial charge on any atom is 0.0402 e. The third kappa shape index (κ3) is 2210. The number of aliphatic hydroxyl groups is 1. The van der Waals surface area contributed by atoms with Crippen molar-refractivity contribution in [1.82, 2.24) is 0 Å². The van der Waals surface area contributed by atoms with E-state index in [4.69, 9.17) is 5.11 Å². The van der Waals surface area contributed by atoms with Crippen LogP contribution in [-0.4, -0.2) is 27.2 Å². The molecule has 0 aromatic heterocycles. The monoisotopic (exact) mass is 68.1 g/mol. The van der Waals surface area contributed by atoms with E-state index < -0.39 is 0 Å². The van der Waals surface area contributed by atoms with E-state index in [9.17, 15) is 0 Å². The van der Waals surface area contributed by atoms with Gasteiger partial charge in [-0.2, -0.15) is 0 Å². The molecule has 1 N–H and O–H groups in total. The zero-order valence-electron chi connectivity index (χ0n) is 3.31. The molecule has 0 aliphatic carbocycles. The number of aliphatic hydroxyl groups excluding tert-OH is 1. The van der Waals surface area contributed by atoms with Gasteiger partial charge in [0.15, 0.2) is 0 Å². The molecule has 3 heteroatoms. The number of rotatable bonds is 0. The Hall–Kier alpha value is 0.0899. The molecule has 0 aromatic carbocycles. The van der Waals surface area contributed by atoms with Crippen molar-refractivity contribution >= 4 is 15.5 Å². The first-order chi connectivity index (χ1) is 2.41. The lowest BCUT2D eigenvalue weighted by Gasteiger charge is -1.52. The van der Waals surface area contributed by atoms with E-state index in [0.29, 0.717) is 0 Å². The number of hydrogen-bond donors (Lipinski definition) is 1. The Labute approximate surface area is 35.2 Å². The Balaban J connectivity index is 0. The summed E-state index contributed by atoms with van der Waals surface area (Å²) in [6.07, 6.45) is 0. The van der Waals surface area contributed by atoms with Crippen LogP contribution < -0.4 is 0 Å². The average molecular weight is 67.7 g/mol. The number of hydrogen-bond acceptors (Lipinski definition) is 1. The maximum absolute atomic E-state index is 7.57. The van der Waals surface area contributed by atoms with Gasteiger partial charge < -0.3 is 5.11 Å². The summed E-state index contributed by atoms with van der Waals surface area (Å²) in [6, 6.07) is 0. The zero-order valence-corrected chi connectivity index (χ0v) is 3.31. The fourth-order valence-electron chi connectivity index (χ4n) is 0. The van der Waals surface area contributed by atoms with Crippen molar-refractivity contribution < 1.29 is 5.11 Å². The van der Waals surface area contributed by atoms with E-state index in [-0.39, 0.29) is 6.61 Å². The Bertz CT molecular complexity index is 7.61. The maximum atomic E-state index is 7.57.